The Morgan fingerprint density at radius 1 is 1.41 bits per heavy atom. The maximum absolute atomic E-state index is 13.3. The van der Waals surface area contributed by atoms with E-state index in [2.05, 4.69) is 9.97 Å². The molecule has 1 aromatic heterocycles. The Morgan fingerprint density at radius 2 is 2.23 bits per heavy atom. The predicted molar refractivity (Wildman–Crippen MR) is 80.5 cm³/mol. The van der Waals surface area contributed by atoms with E-state index < -0.39 is 15.8 Å². The van der Waals surface area contributed by atoms with Crippen molar-refractivity contribution in [1.82, 2.24) is 14.3 Å². The number of hydrogen-bond acceptors (Lipinski definition) is 3. The number of nitrogens with one attached hydrogen (secondary N) is 1. The highest BCUT2D eigenvalue weighted by Crippen LogP contribution is 2.29. The van der Waals surface area contributed by atoms with Crippen LogP contribution in [0.2, 0.25) is 0 Å². The molecule has 2 heterocycles. The number of rotatable bonds is 3. The summed E-state index contributed by atoms with van der Waals surface area (Å²) in [5.41, 5.74) is 0.958. The number of aryl methyl sites for hydroxylation is 1. The minimum absolute atomic E-state index is 0.00350. The fraction of sp³-hybridized carbons (Fsp3) is 0.400. The SMILES string of the molecule is Cc1cnc([C@H]2CCCN(S(=O)(=O)c3cccc(F)c3)C2)[nH]1. The summed E-state index contributed by atoms with van der Waals surface area (Å²) < 4.78 is 40.0. The molecule has 22 heavy (non-hydrogen) atoms. The van der Waals surface area contributed by atoms with Gasteiger partial charge in [0.15, 0.2) is 0 Å². The van der Waals surface area contributed by atoms with Gasteiger partial charge in [-0.15, -0.1) is 0 Å². The third-order valence-corrected chi connectivity index (χ3v) is 5.79. The number of nitrogens with zero attached hydrogens (tertiary/aromatic N) is 2. The molecule has 1 atom stereocenters. The topological polar surface area (TPSA) is 66.1 Å². The van der Waals surface area contributed by atoms with E-state index in [1.165, 1.54) is 22.5 Å². The minimum Gasteiger partial charge on any atom is -0.346 e. The van der Waals surface area contributed by atoms with Crippen molar-refractivity contribution in [3.63, 3.8) is 0 Å². The van der Waals surface area contributed by atoms with Crippen LogP contribution in [0.3, 0.4) is 0 Å². The van der Waals surface area contributed by atoms with Crippen molar-refractivity contribution in [3.05, 3.63) is 47.8 Å². The highest BCUT2D eigenvalue weighted by atomic mass is 32.2. The molecule has 0 aliphatic carbocycles. The molecule has 1 fully saturated rings. The Hall–Kier alpha value is -1.73. The van der Waals surface area contributed by atoms with E-state index in [0.717, 1.165) is 30.4 Å². The molecule has 7 heteroatoms. The van der Waals surface area contributed by atoms with E-state index in [9.17, 15) is 12.8 Å². The van der Waals surface area contributed by atoms with Gasteiger partial charge in [0.05, 0.1) is 4.90 Å². The summed E-state index contributed by atoms with van der Waals surface area (Å²) >= 11 is 0. The van der Waals surface area contributed by atoms with E-state index in [0.29, 0.717) is 13.1 Å². The number of H-pyrrole nitrogens is 1. The molecule has 0 saturated carbocycles. The number of benzene rings is 1. The Bertz CT molecular complexity index is 773. The Morgan fingerprint density at radius 3 is 2.91 bits per heavy atom. The molecule has 0 amide bonds. The molecular weight excluding hydrogens is 305 g/mol. The van der Waals surface area contributed by atoms with E-state index in [1.54, 1.807) is 6.20 Å². The number of halogens is 1. The van der Waals surface area contributed by atoms with Gasteiger partial charge in [-0.25, -0.2) is 17.8 Å². The summed E-state index contributed by atoms with van der Waals surface area (Å²) in [6, 6.07) is 5.15. The lowest BCUT2D eigenvalue weighted by Gasteiger charge is -2.31. The van der Waals surface area contributed by atoms with E-state index in [-0.39, 0.29) is 10.8 Å². The fourth-order valence-electron chi connectivity index (χ4n) is 2.80. The van der Waals surface area contributed by atoms with Crippen molar-refractivity contribution in [2.75, 3.05) is 13.1 Å². The van der Waals surface area contributed by atoms with Crippen LogP contribution >= 0.6 is 0 Å². The minimum atomic E-state index is -3.67. The zero-order valence-corrected chi connectivity index (χ0v) is 13.1. The molecule has 1 N–H and O–H groups in total. The number of sulfonamides is 1. The monoisotopic (exact) mass is 323 g/mol. The number of hydrogen-bond donors (Lipinski definition) is 1. The molecule has 1 aliphatic rings. The summed E-state index contributed by atoms with van der Waals surface area (Å²) in [6.07, 6.45) is 3.40. The second-order valence-electron chi connectivity index (χ2n) is 5.61. The Labute approximate surface area is 129 Å². The van der Waals surface area contributed by atoms with Crippen molar-refractivity contribution >= 4 is 10.0 Å². The first-order valence-corrected chi connectivity index (χ1v) is 8.68. The van der Waals surface area contributed by atoms with Gasteiger partial charge in [-0.2, -0.15) is 4.31 Å². The average molecular weight is 323 g/mol. The van der Waals surface area contributed by atoms with Gasteiger partial charge in [0, 0.05) is 30.9 Å². The van der Waals surface area contributed by atoms with Crippen molar-refractivity contribution in [1.29, 1.82) is 0 Å². The summed E-state index contributed by atoms with van der Waals surface area (Å²) in [4.78, 5) is 7.48. The van der Waals surface area contributed by atoms with Crippen molar-refractivity contribution in [2.24, 2.45) is 0 Å². The summed E-state index contributed by atoms with van der Waals surface area (Å²) in [5, 5.41) is 0. The molecule has 0 spiro atoms. The first-order valence-electron chi connectivity index (χ1n) is 7.24. The quantitative estimate of drug-likeness (QED) is 0.943. The normalized spacial score (nSPS) is 20.2. The van der Waals surface area contributed by atoms with Crippen molar-refractivity contribution < 1.29 is 12.8 Å². The zero-order valence-electron chi connectivity index (χ0n) is 12.3. The molecule has 0 bridgehead atoms. The summed E-state index contributed by atoms with van der Waals surface area (Å²) in [6.45, 7) is 2.74. The van der Waals surface area contributed by atoms with Crippen LogP contribution in [0.5, 0.6) is 0 Å². The molecule has 1 aliphatic heterocycles. The highest BCUT2D eigenvalue weighted by molar-refractivity contribution is 7.89. The van der Waals surface area contributed by atoms with E-state index in [1.807, 2.05) is 6.92 Å². The molecule has 0 unspecified atom stereocenters. The molecule has 1 saturated heterocycles. The van der Waals surface area contributed by atoms with Gasteiger partial charge in [0.2, 0.25) is 10.0 Å². The van der Waals surface area contributed by atoms with Crippen molar-refractivity contribution in [3.8, 4) is 0 Å². The highest BCUT2D eigenvalue weighted by Gasteiger charge is 2.32. The molecule has 118 valence electrons. The molecule has 5 nitrogen and oxygen atoms in total. The second kappa shape index (κ2) is 5.81. The Balaban J connectivity index is 1.85. The molecule has 2 aromatic rings. The fourth-order valence-corrected chi connectivity index (χ4v) is 4.36. The van der Waals surface area contributed by atoms with E-state index >= 15 is 0 Å². The zero-order chi connectivity index (χ0) is 15.7. The first kappa shape index (κ1) is 15.2. The van der Waals surface area contributed by atoms with Crippen LogP contribution in [-0.4, -0.2) is 35.8 Å². The van der Waals surface area contributed by atoms with Crippen LogP contribution in [0.1, 0.15) is 30.3 Å². The van der Waals surface area contributed by atoms with Crippen LogP contribution < -0.4 is 0 Å². The lowest BCUT2D eigenvalue weighted by atomic mass is 9.99. The number of imidazole rings is 1. The first-order chi connectivity index (χ1) is 10.5. The van der Waals surface area contributed by atoms with Gasteiger partial charge in [0.1, 0.15) is 11.6 Å². The van der Waals surface area contributed by atoms with Crippen LogP contribution in [0.4, 0.5) is 4.39 Å². The van der Waals surface area contributed by atoms with Gasteiger partial charge >= 0.3 is 0 Å². The number of aromatic amines is 1. The maximum Gasteiger partial charge on any atom is 0.243 e. The maximum atomic E-state index is 13.3. The predicted octanol–water partition coefficient (Wildman–Crippen LogP) is 2.43. The lowest BCUT2D eigenvalue weighted by molar-refractivity contribution is 0.310. The third kappa shape index (κ3) is 2.91. The van der Waals surface area contributed by atoms with Crippen LogP contribution in [0.15, 0.2) is 35.4 Å². The largest absolute Gasteiger partial charge is 0.346 e. The molecule has 3 rings (SSSR count). The Kier molecular flexibility index (Phi) is 4.01. The van der Waals surface area contributed by atoms with Crippen LogP contribution in [-0.2, 0) is 10.0 Å². The third-order valence-electron chi connectivity index (χ3n) is 3.93. The van der Waals surface area contributed by atoms with Crippen LogP contribution in [0.25, 0.3) is 0 Å². The van der Waals surface area contributed by atoms with E-state index in [4.69, 9.17) is 0 Å². The van der Waals surface area contributed by atoms with Gasteiger partial charge in [-0.1, -0.05) is 6.07 Å². The van der Waals surface area contributed by atoms with Crippen molar-refractivity contribution in [2.45, 2.75) is 30.6 Å². The molecule has 0 radical (unpaired) electrons. The van der Waals surface area contributed by atoms with Crippen LogP contribution in [0, 0.1) is 12.7 Å². The standard InChI is InChI=1S/C15H18FN3O2S/c1-11-9-17-15(18-11)12-4-3-7-19(10-12)22(20,21)14-6-2-5-13(16)8-14/h2,5-6,8-9,12H,3-4,7,10H2,1H3,(H,17,18)/t12-/m0/s1. The summed E-state index contributed by atoms with van der Waals surface area (Å²) in [5.74, 6) is 0.318. The van der Waals surface area contributed by atoms with Gasteiger partial charge < -0.3 is 4.98 Å². The number of piperidine rings is 1. The summed E-state index contributed by atoms with van der Waals surface area (Å²) in [7, 11) is -3.67. The molecular formula is C15H18FN3O2S. The number of aromatic nitrogens is 2. The van der Waals surface area contributed by atoms with Gasteiger partial charge in [0.25, 0.3) is 0 Å². The average Bonchev–Trinajstić information content (AvgIpc) is 2.94. The second-order valence-corrected chi connectivity index (χ2v) is 7.55. The smallest absolute Gasteiger partial charge is 0.243 e. The lowest BCUT2D eigenvalue weighted by Crippen LogP contribution is -2.39. The van der Waals surface area contributed by atoms with Gasteiger partial charge in [-0.05, 0) is 38.0 Å². The van der Waals surface area contributed by atoms with Gasteiger partial charge in [-0.3, -0.25) is 0 Å². The molecule has 1 aromatic carbocycles.